The molecule has 2 heteroatoms. The first-order valence-corrected chi connectivity index (χ1v) is 1.69. The van der Waals surface area contributed by atoms with E-state index in [1.165, 1.54) is 6.32 Å². The molecule has 0 spiro atoms. The van der Waals surface area contributed by atoms with Gasteiger partial charge in [0.15, 0.2) is 0 Å². The molecule has 0 aromatic rings. The Morgan fingerprint density at radius 2 is 1.80 bits per heavy atom. The summed E-state index contributed by atoms with van der Waals surface area (Å²) < 4.78 is 0. The summed E-state index contributed by atoms with van der Waals surface area (Å²) in [5.41, 5.74) is 0. The van der Waals surface area contributed by atoms with Crippen molar-refractivity contribution in [1.82, 2.24) is 0 Å². The fraction of sp³-hybridized carbons (Fsp3) is 1.00. The Bertz CT molecular complexity index is 8.85. The molecule has 1 radical (unpaired) electrons. The van der Waals surface area contributed by atoms with E-state index in [0.717, 1.165) is 0 Å². The lowest BCUT2D eigenvalue weighted by Crippen LogP contribution is -1.67. The number of halogens is 1. The van der Waals surface area contributed by atoms with Crippen LogP contribution in [0.2, 0.25) is 13.1 Å². The molecule has 0 aromatic heterocycles. The fourth-order valence-electron chi connectivity index (χ4n) is 0. The highest BCUT2D eigenvalue weighted by molar-refractivity contribution is 6.33. The van der Waals surface area contributed by atoms with Crippen LogP contribution < -0.4 is 0 Å². The van der Waals surface area contributed by atoms with E-state index < -0.39 is 0 Å². The first-order chi connectivity index (χ1) is 1.91. The van der Waals surface area contributed by atoms with Crippen molar-refractivity contribution in [3.05, 3.63) is 0 Å². The molecule has 0 aliphatic heterocycles. The van der Waals surface area contributed by atoms with Crippen LogP contribution in [0, 0.1) is 0 Å². The zero-order valence-electron chi connectivity index (χ0n) is 3.69. The largest absolute Gasteiger partial charge is 0.147 e. The molecule has 0 saturated carbocycles. The summed E-state index contributed by atoms with van der Waals surface area (Å²) in [6.07, 6.45) is 1.19. The monoisotopic (exact) mass is 91.0 g/mol. The first-order valence-electron chi connectivity index (χ1n) is 1.69. The van der Waals surface area contributed by atoms with E-state index in [1.807, 2.05) is 0 Å². The van der Waals surface area contributed by atoms with Crippen molar-refractivity contribution in [3.63, 3.8) is 0 Å². The van der Waals surface area contributed by atoms with Crippen molar-refractivity contribution in [1.29, 1.82) is 0 Å². The Balaban J connectivity index is 0. The van der Waals surface area contributed by atoms with Crippen LogP contribution in [-0.2, 0) is 0 Å². The second-order valence-corrected chi connectivity index (χ2v) is 0.816. The third-order valence-corrected chi connectivity index (χ3v) is 0.408. The van der Waals surface area contributed by atoms with Crippen LogP contribution in [0.4, 0.5) is 0 Å². The third-order valence-electron chi connectivity index (χ3n) is 0.408. The van der Waals surface area contributed by atoms with Crippen LogP contribution in [0.3, 0.4) is 0 Å². The maximum Gasteiger partial charge on any atom is 0.105 e. The van der Waals surface area contributed by atoms with Gasteiger partial charge in [-0.2, -0.15) is 0 Å². The van der Waals surface area contributed by atoms with Crippen LogP contribution in [0.5, 0.6) is 0 Å². The Kier molecular flexibility index (Phi) is 16.0. The SMILES string of the molecule is C[B]CC.Cl. The first kappa shape index (κ1) is 9.02. The molecule has 0 aliphatic carbocycles. The van der Waals surface area contributed by atoms with Gasteiger partial charge >= 0.3 is 0 Å². The molecule has 0 rings (SSSR count). The maximum absolute atomic E-state index is 2.12. The van der Waals surface area contributed by atoms with E-state index in [1.54, 1.807) is 0 Å². The minimum Gasteiger partial charge on any atom is -0.147 e. The van der Waals surface area contributed by atoms with Gasteiger partial charge in [0.05, 0.1) is 0 Å². The molecule has 5 heavy (non-hydrogen) atoms. The topological polar surface area (TPSA) is 0 Å². The Morgan fingerprint density at radius 3 is 1.80 bits per heavy atom. The molecule has 0 amide bonds. The molecule has 0 nitrogen and oxygen atoms in total. The Morgan fingerprint density at radius 1 is 1.60 bits per heavy atom. The van der Waals surface area contributed by atoms with Gasteiger partial charge < -0.3 is 0 Å². The maximum atomic E-state index is 2.12. The van der Waals surface area contributed by atoms with Crippen LogP contribution in [0.15, 0.2) is 0 Å². The van der Waals surface area contributed by atoms with Crippen molar-refractivity contribution < 1.29 is 0 Å². The van der Waals surface area contributed by atoms with E-state index in [-0.39, 0.29) is 12.4 Å². The molecule has 31 valence electrons. The molecular weight excluding hydrogens is 82.3 g/mol. The highest BCUT2D eigenvalue weighted by atomic mass is 35.5. The van der Waals surface area contributed by atoms with Crippen LogP contribution in [0.1, 0.15) is 6.92 Å². The summed E-state index contributed by atoms with van der Waals surface area (Å²) in [6.45, 7) is 4.18. The van der Waals surface area contributed by atoms with Gasteiger partial charge in [0.1, 0.15) is 7.28 Å². The van der Waals surface area contributed by atoms with E-state index in [2.05, 4.69) is 21.0 Å². The molecule has 0 N–H and O–H groups in total. The van der Waals surface area contributed by atoms with Gasteiger partial charge in [-0.15, -0.1) is 12.4 Å². The second-order valence-electron chi connectivity index (χ2n) is 0.816. The van der Waals surface area contributed by atoms with Gasteiger partial charge in [0, 0.05) is 0 Å². The zero-order chi connectivity index (χ0) is 3.41. The van der Waals surface area contributed by atoms with Gasteiger partial charge in [0.25, 0.3) is 0 Å². The Hall–Kier alpha value is 0.355. The summed E-state index contributed by atoms with van der Waals surface area (Å²) in [5, 5.41) is 0. The second kappa shape index (κ2) is 8.84. The predicted molar refractivity (Wildman–Crippen MR) is 29.3 cm³/mol. The third kappa shape index (κ3) is 13.2. The molecule has 0 saturated heterocycles. The lowest BCUT2D eigenvalue weighted by Gasteiger charge is -1.64. The van der Waals surface area contributed by atoms with Gasteiger partial charge in [-0.3, -0.25) is 0 Å². The smallest absolute Gasteiger partial charge is 0.105 e. The molecule has 0 aromatic carbocycles. The van der Waals surface area contributed by atoms with Crippen molar-refractivity contribution in [3.8, 4) is 0 Å². The Labute approximate surface area is 40.6 Å². The predicted octanol–water partition coefficient (Wildman–Crippen LogP) is 1.60. The standard InChI is InChI=1S/C3H8B.ClH/c1-3-4-2;/h3H2,1-2H3;1H. The summed E-state index contributed by atoms with van der Waals surface area (Å²) in [5.74, 6) is 0. The van der Waals surface area contributed by atoms with Gasteiger partial charge in [0.2, 0.25) is 0 Å². The van der Waals surface area contributed by atoms with Crippen LogP contribution >= 0.6 is 12.4 Å². The average molecular weight is 91.4 g/mol. The minimum absolute atomic E-state index is 0. The van der Waals surface area contributed by atoms with Crippen molar-refractivity contribution in [2.45, 2.75) is 20.1 Å². The fourth-order valence-corrected chi connectivity index (χ4v) is 0. The molecule has 0 fully saturated rings. The van der Waals surface area contributed by atoms with E-state index in [4.69, 9.17) is 0 Å². The molecule has 0 atom stereocenters. The number of rotatable bonds is 1. The van der Waals surface area contributed by atoms with Gasteiger partial charge in [-0.1, -0.05) is 20.1 Å². The van der Waals surface area contributed by atoms with Crippen LogP contribution in [-0.4, -0.2) is 7.28 Å². The molecule has 0 aliphatic rings. The van der Waals surface area contributed by atoms with Crippen molar-refractivity contribution in [2.24, 2.45) is 0 Å². The van der Waals surface area contributed by atoms with Crippen molar-refractivity contribution >= 4 is 19.7 Å². The van der Waals surface area contributed by atoms with E-state index >= 15 is 0 Å². The van der Waals surface area contributed by atoms with E-state index in [0.29, 0.717) is 0 Å². The summed E-state index contributed by atoms with van der Waals surface area (Å²) in [7, 11) is 2.12. The molecule has 0 unspecified atom stereocenters. The number of hydrogen-bond acceptors (Lipinski definition) is 0. The highest BCUT2D eigenvalue weighted by Gasteiger charge is 1.61. The van der Waals surface area contributed by atoms with Crippen molar-refractivity contribution in [2.75, 3.05) is 0 Å². The van der Waals surface area contributed by atoms with Gasteiger partial charge in [-0.25, -0.2) is 0 Å². The molecule has 0 heterocycles. The van der Waals surface area contributed by atoms with E-state index in [9.17, 15) is 0 Å². The quantitative estimate of drug-likeness (QED) is 0.430. The van der Waals surface area contributed by atoms with Gasteiger partial charge in [-0.05, 0) is 0 Å². The van der Waals surface area contributed by atoms with Crippen LogP contribution in [0.25, 0.3) is 0 Å². The summed E-state index contributed by atoms with van der Waals surface area (Å²) >= 11 is 0. The summed E-state index contributed by atoms with van der Waals surface area (Å²) in [6, 6.07) is 0. The average Bonchev–Trinajstić information content (AvgIpc) is 1.37. The number of hydrogen-bond donors (Lipinski definition) is 0. The lowest BCUT2D eigenvalue weighted by molar-refractivity contribution is 1.45. The lowest BCUT2D eigenvalue weighted by atomic mass is 9.79. The molecule has 0 bridgehead atoms. The normalized spacial score (nSPS) is 5.20. The molecular formula is C3H9BCl. The zero-order valence-corrected chi connectivity index (χ0v) is 4.51. The highest BCUT2D eigenvalue weighted by Crippen LogP contribution is 1.64. The minimum atomic E-state index is 0. The summed E-state index contributed by atoms with van der Waals surface area (Å²) in [4.78, 5) is 0.